The van der Waals surface area contributed by atoms with Crippen molar-refractivity contribution in [3.8, 4) is 12.3 Å². The topological polar surface area (TPSA) is 95.7 Å². The molecule has 0 aliphatic heterocycles. The lowest BCUT2D eigenvalue weighted by Gasteiger charge is -2.17. The van der Waals surface area contributed by atoms with Gasteiger partial charge in [-0.1, -0.05) is 5.92 Å². The molecule has 0 aliphatic carbocycles. The maximum Gasteiger partial charge on any atom is 0.323 e. The molecule has 1 aromatic rings. The number of carbonyl (C=O) groups is 2. The van der Waals surface area contributed by atoms with Crippen molar-refractivity contribution in [1.29, 1.82) is 0 Å². The van der Waals surface area contributed by atoms with E-state index in [0.717, 1.165) is 4.90 Å². The van der Waals surface area contributed by atoms with Crippen molar-refractivity contribution in [3.63, 3.8) is 0 Å². The molecule has 0 spiro atoms. The van der Waals surface area contributed by atoms with E-state index in [-0.39, 0.29) is 13.1 Å². The lowest BCUT2D eigenvalue weighted by atomic mass is 10.5. The second-order valence-electron chi connectivity index (χ2n) is 3.48. The Kier molecular flexibility index (Phi) is 4.75. The van der Waals surface area contributed by atoms with Crippen LogP contribution in [0.25, 0.3) is 0 Å². The van der Waals surface area contributed by atoms with Gasteiger partial charge in [0.15, 0.2) is 0 Å². The van der Waals surface area contributed by atoms with Gasteiger partial charge in [0, 0.05) is 0 Å². The number of carboxylic acids is 1. The zero-order valence-electron chi connectivity index (χ0n) is 9.84. The summed E-state index contributed by atoms with van der Waals surface area (Å²) in [5.41, 5.74) is 0. The first-order chi connectivity index (χ1) is 8.52. The Morgan fingerprint density at radius 1 is 1.67 bits per heavy atom. The molecule has 0 radical (unpaired) electrons. The summed E-state index contributed by atoms with van der Waals surface area (Å²) in [6.45, 7) is 1.27. The van der Waals surface area contributed by atoms with Crippen LogP contribution in [0.1, 0.15) is 11.7 Å². The number of aromatic nitrogens is 1. The minimum atomic E-state index is -1.13. The van der Waals surface area contributed by atoms with Crippen molar-refractivity contribution < 1.29 is 19.1 Å². The highest BCUT2D eigenvalue weighted by molar-refractivity contribution is 5.80. The van der Waals surface area contributed by atoms with Crippen molar-refractivity contribution in [2.24, 2.45) is 0 Å². The third-order valence-corrected chi connectivity index (χ3v) is 1.96. The van der Waals surface area contributed by atoms with Crippen molar-refractivity contribution in [3.05, 3.63) is 17.8 Å². The van der Waals surface area contributed by atoms with E-state index in [4.69, 9.17) is 15.9 Å². The summed E-state index contributed by atoms with van der Waals surface area (Å²) < 4.78 is 5.15. The van der Waals surface area contributed by atoms with Gasteiger partial charge in [0.2, 0.25) is 5.89 Å². The highest BCUT2D eigenvalue weighted by Crippen LogP contribution is 2.01. The molecule has 0 aromatic carbocycles. The van der Waals surface area contributed by atoms with Crippen LogP contribution in [-0.2, 0) is 11.3 Å². The van der Waals surface area contributed by atoms with E-state index in [0.29, 0.717) is 11.7 Å². The summed E-state index contributed by atoms with van der Waals surface area (Å²) in [6.07, 6.45) is 6.58. The SMILES string of the molecule is C#CCN(CC(=O)O)C(=O)NCc1ncc(C)o1. The molecular weight excluding hydrogens is 238 g/mol. The fourth-order valence-corrected chi connectivity index (χ4v) is 1.22. The Labute approximate surface area is 104 Å². The number of aliphatic carboxylic acids is 1. The molecule has 0 aliphatic rings. The molecule has 2 N–H and O–H groups in total. The van der Waals surface area contributed by atoms with Crippen LogP contribution >= 0.6 is 0 Å². The van der Waals surface area contributed by atoms with E-state index in [1.807, 2.05) is 0 Å². The molecule has 1 aromatic heterocycles. The molecule has 2 amide bonds. The fraction of sp³-hybridized carbons (Fsp3) is 0.364. The third-order valence-electron chi connectivity index (χ3n) is 1.96. The van der Waals surface area contributed by atoms with Gasteiger partial charge in [-0.25, -0.2) is 9.78 Å². The van der Waals surface area contributed by atoms with E-state index in [1.165, 1.54) is 6.20 Å². The molecule has 7 heteroatoms. The number of rotatable bonds is 5. The van der Waals surface area contributed by atoms with Crippen LogP contribution in [0.3, 0.4) is 0 Å². The monoisotopic (exact) mass is 251 g/mol. The molecule has 0 fully saturated rings. The van der Waals surface area contributed by atoms with E-state index in [1.54, 1.807) is 6.92 Å². The number of hydrogen-bond acceptors (Lipinski definition) is 4. The molecule has 0 bridgehead atoms. The highest BCUT2D eigenvalue weighted by atomic mass is 16.4. The van der Waals surface area contributed by atoms with Crippen molar-refractivity contribution >= 4 is 12.0 Å². The number of nitrogens with zero attached hydrogens (tertiary/aromatic N) is 2. The zero-order chi connectivity index (χ0) is 13.5. The van der Waals surface area contributed by atoms with Crippen molar-refractivity contribution in [2.75, 3.05) is 13.1 Å². The number of amides is 2. The molecule has 18 heavy (non-hydrogen) atoms. The van der Waals surface area contributed by atoms with Crippen LogP contribution in [0.4, 0.5) is 4.79 Å². The van der Waals surface area contributed by atoms with E-state index in [2.05, 4.69) is 16.2 Å². The first-order valence-electron chi connectivity index (χ1n) is 5.12. The standard InChI is InChI=1S/C11H13N3O4/c1-3-4-14(7-10(15)16)11(17)13-6-9-12-5-8(2)18-9/h1,5H,4,6-7H2,2H3,(H,13,17)(H,15,16). The van der Waals surface area contributed by atoms with E-state index in [9.17, 15) is 9.59 Å². The summed E-state index contributed by atoms with van der Waals surface area (Å²) in [6, 6.07) is -0.578. The maximum atomic E-state index is 11.6. The fourth-order valence-electron chi connectivity index (χ4n) is 1.22. The Bertz CT molecular complexity index is 475. The Morgan fingerprint density at radius 2 is 2.39 bits per heavy atom. The summed E-state index contributed by atoms with van der Waals surface area (Å²) in [7, 11) is 0. The van der Waals surface area contributed by atoms with Gasteiger partial charge >= 0.3 is 12.0 Å². The Balaban J connectivity index is 2.51. The predicted octanol–water partition coefficient (Wildman–Crippen LogP) is 0.212. The number of terminal acetylenes is 1. The first kappa shape index (κ1) is 13.6. The van der Waals surface area contributed by atoms with Gasteiger partial charge in [0.05, 0.1) is 19.3 Å². The van der Waals surface area contributed by atoms with Gasteiger partial charge in [-0.2, -0.15) is 0 Å². The van der Waals surface area contributed by atoms with Crippen LogP contribution < -0.4 is 5.32 Å². The molecule has 1 rings (SSSR count). The smallest absolute Gasteiger partial charge is 0.323 e. The molecule has 7 nitrogen and oxygen atoms in total. The number of hydrogen-bond donors (Lipinski definition) is 2. The number of oxazole rings is 1. The van der Waals surface area contributed by atoms with Gasteiger partial charge in [-0.15, -0.1) is 6.42 Å². The molecular formula is C11H13N3O4. The summed E-state index contributed by atoms with van der Waals surface area (Å²) in [5.74, 6) is 2.06. The second kappa shape index (κ2) is 6.30. The summed E-state index contributed by atoms with van der Waals surface area (Å²) in [4.78, 5) is 27.1. The number of urea groups is 1. The number of carboxylic acid groups (broad SMARTS) is 1. The Morgan fingerprint density at radius 3 is 2.89 bits per heavy atom. The van der Waals surface area contributed by atoms with E-state index < -0.39 is 18.5 Å². The number of carbonyl (C=O) groups excluding carboxylic acids is 1. The van der Waals surface area contributed by atoms with Crippen molar-refractivity contribution in [2.45, 2.75) is 13.5 Å². The highest BCUT2D eigenvalue weighted by Gasteiger charge is 2.15. The van der Waals surface area contributed by atoms with Crippen LogP contribution in [0.15, 0.2) is 10.6 Å². The molecule has 0 unspecified atom stereocenters. The maximum absolute atomic E-state index is 11.6. The lowest BCUT2D eigenvalue weighted by Crippen LogP contribution is -2.42. The van der Waals surface area contributed by atoms with Crippen LogP contribution in [0.5, 0.6) is 0 Å². The third kappa shape index (κ3) is 4.17. The van der Waals surface area contributed by atoms with Gasteiger partial charge < -0.3 is 19.7 Å². The lowest BCUT2D eigenvalue weighted by molar-refractivity contribution is -0.137. The summed E-state index contributed by atoms with van der Waals surface area (Å²) in [5, 5.41) is 11.1. The zero-order valence-corrected chi connectivity index (χ0v) is 9.84. The van der Waals surface area contributed by atoms with Gasteiger partial charge in [0.1, 0.15) is 12.3 Å². The first-order valence-corrected chi connectivity index (χ1v) is 5.12. The molecule has 96 valence electrons. The normalized spacial score (nSPS) is 9.56. The Hall–Kier alpha value is -2.49. The second-order valence-corrected chi connectivity index (χ2v) is 3.48. The number of aryl methyl sites for hydroxylation is 1. The molecule has 0 saturated heterocycles. The quantitative estimate of drug-likeness (QED) is 0.729. The van der Waals surface area contributed by atoms with Crippen LogP contribution in [-0.4, -0.2) is 40.1 Å². The van der Waals surface area contributed by atoms with E-state index >= 15 is 0 Å². The largest absolute Gasteiger partial charge is 0.480 e. The number of nitrogens with one attached hydrogen (secondary N) is 1. The summed E-state index contributed by atoms with van der Waals surface area (Å²) >= 11 is 0. The van der Waals surface area contributed by atoms with Crippen LogP contribution in [0.2, 0.25) is 0 Å². The van der Waals surface area contributed by atoms with Crippen LogP contribution in [0, 0.1) is 19.3 Å². The molecule has 1 heterocycles. The van der Waals surface area contributed by atoms with Crippen molar-refractivity contribution in [1.82, 2.24) is 15.2 Å². The predicted molar refractivity (Wildman–Crippen MR) is 61.5 cm³/mol. The van der Waals surface area contributed by atoms with Gasteiger partial charge in [0.25, 0.3) is 0 Å². The average molecular weight is 251 g/mol. The molecule has 0 saturated carbocycles. The minimum Gasteiger partial charge on any atom is -0.480 e. The van der Waals surface area contributed by atoms with Gasteiger partial charge in [-0.3, -0.25) is 4.79 Å². The average Bonchev–Trinajstić information content (AvgIpc) is 2.71. The molecule has 0 atom stereocenters. The minimum absolute atomic E-state index is 0.0767. The van der Waals surface area contributed by atoms with Gasteiger partial charge in [-0.05, 0) is 6.92 Å².